The highest BCUT2D eigenvalue weighted by Gasteiger charge is 2.37. The average molecular weight is 392 g/mol. The summed E-state index contributed by atoms with van der Waals surface area (Å²) >= 11 is 0. The minimum absolute atomic E-state index is 0.00890. The van der Waals surface area contributed by atoms with Crippen LogP contribution in [0.1, 0.15) is 43.8 Å². The second-order valence-electron chi connectivity index (χ2n) is 7.23. The van der Waals surface area contributed by atoms with Crippen molar-refractivity contribution in [1.82, 2.24) is 14.8 Å². The Balaban J connectivity index is 1.65. The second-order valence-corrected chi connectivity index (χ2v) is 7.23. The van der Waals surface area contributed by atoms with E-state index in [-0.39, 0.29) is 42.1 Å². The SMILES string of the molecule is NC(=O)C1=C2N=CC=CN2N(c2cn(C3CCC(CO)CC3)nc2C(F)F)C1. The van der Waals surface area contributed by atoms with Gasteiger partial charge < -0.3 is 10.8 Å². The predicted molar refractivity (Wildman–Crippen MR) is 98.3 cm³/mol. The largest absolute Gasteiger partial charge is 0.396 e. The molecule has 28 heavy (non-hydrogen) atoms. The van der Waals surface area contributed by atoms with E-state index in [1.807, 2.05) is 0 Å². The molecule has 0 radical (unpaired) electrons. The van der Waals surface area contributed by atoms with Crippen molar-refractivity contribution in [3.8, 4) is 0 Å². The number of hydrogen-bond donors (Lipinski definition) is 2. The van der Waals surface area contributed by atoms with Gasteiger partial charge in [0.1, 0.15) is 5.69 Å². The number of amides is 1. The smallest absolute Gasteiger partial charge is 0.284 e. The molecule has 1 aromatic heterocycles. The number of hydrogen-bond acceptors (Lipinski definition) is 6. The zero-order chi connectivity index (χ0) is 19.8. The lowest BCUT2D eigenvalue weighted by Crippen LogP contribution is -2.34. The molecule has 0 atom stereocenters. The minimum Gasteiger partial charge on any atom is -0.396 e. The molecule has 1 amide bonds. The van der Waals surface area contributed by atoms with Crippen molar-refractivity contribution in [1.29, 1.82) is 0 Å². The number of alkyl halides is 2. The zero-order valence-electron chi connectivity index (χ0n) is 15.2. The van der Waals surface area contributed by atoms with Crippen molar-refractivity contribution in [2.75, 3.05) is 18.2 Å². The fourth-order valence-electron chi connectivity index (χ4n) is 3.99. The highest BCUT2D eigenvalue weighted by Crippen LogP contribution is 2.39. The van der Waals surface area contributed by atoms with Crippen LogP contribution < -0.4 is 10.7 Å². The first-order valence-electron chi connectivity index (χ1n) is 9.28. The number of aliphatic hydroxyl groups excluding tert-OH is 1. The standard InChI is InChI=1S/C18H22F2N6O2/c19-16(20)15-14(9-24(23-15)12-4-2-11(10-27)3-5-12)26-8-13(17(21)28)18-22-6-1-7-25(18)26/h1,6-7,9,11-12,16,27H,2-5,8,10H2,(H2,21,28). The summed E-state index contributed by atoms with van der Waals surface area (Å²) in [5, 5.41) is 16.6. The Morgan fingerprint density at radius 2 is 2.07 bits per heavy atom. The number of nitrogens with two attached hydrogens (primary N) is 1. The van der Waals surface area contributed by atoms with Crippen molar-refractivity contribution >= 4 is 17.8 Å². The number of fused-ring (bicyclic) bond motifs is 1. The second kappa shape index (κ2) is 7.34. The number of allylic oxidation sites excluding steroid dienone is 1. The van der Waals surface area contributed by atoms with Gasteiger partial charge in [-0.25, -0.2) is 18.8 Å². The van der Waals surface area contributed by atoms with Crippen LogP contribution in [0.25, 0.3) is 0 Å². The van der Waals surface area contributed by atoms with Crippen LogP contribution in [-0.2, 0) is 4.79 Å². The van der Waals surface area contributed by atoms with E-state index in [1.165, 1.54) is 6.21 Å². The summed E-state index contributed by atoms with van der Waals surface area (Å²) in [6.07, 6.45) is 6.91. The number of carbonyl (C=O) groups is 1. The van der Waals surface area contributed by atoms with Crippen LogP contribution in [0, 0.1) is 5.92 Å². The Bertz CT molecular complexity index is 854. The summed E-state index contributed by atoms with van der Waals surface area (Å²) in [6.45, 7) is 0.203. The summed E-state index contributed by atoms with van der Waals surface area (Å²) in [5.74, 6) is -0.0321. The molecule has 3 heterocycles. The number of aliphatic imine (C=N–C) groups is 1. The topological polar surface area (TPSA) is 100.0 Å². The first-order valence-corrected chi connectivity index (χ1v) is 9.28. The minimum atomic E-state index is -2.76. The number of carbonyl (C=O) groups excluding carboxylic acids is 1. The molecule has 1 aliphatic carbocycles. The molecule has 8 nitrogen and oxygen atoms in total. The third kappa shape index (κ3) is 3.17. The van der Waals surface area contributed by atoms with E-state index in [4.69, 9.17) is 5.73 Å². The van der Waals surface area contributed by atoms with Crippen LogP contribution in [0.15, 0.2) is 34.9 Å². The summed E-state index contributed by atoms with van der Waals surface area (Å²) in [5.41, 5.74) is 5.61. The van der Waals surface area contributed by atoms with Gasteiger partial charge in [-0.05, 0) is 37.7 Å². The quantitative estimate of drug-likeness (QED) is 0.797. The maximum Gasteiger partial charge on any atom is 0.284 e. The van der Waals surface area contributed by atoms with E-state index in [9.17, 15) is 18.7 Å². The van der Waals surface area contributed by atoms with Gasteiger partial charge in [-0.3, -0.25) is 14.5 Å². The third-order valence-electron chi connectivity index (χ3n) is 5.54. The molecule has 1 fully saturated rings. The van der Waals surface area contributed by atoms with Gasteiger partial charge in [0, 0.05) is 19.0 Å². The highest BCUT2D eigenvalue weighted by molar-refractivity contribution is 5.95. The van der Waals surface area contributed by atoms with Gasteiger partial charge >= 0.3 is 0 Å². The van der Waals surface area contributed by atoms with Gasteiger partial charge in [0.2, 0.25) is 5.91 Å². The number of rotatable bonds is 5. The Morgan fingerprint density at radius 1 is 1.32 bits per heavy atom. The highest BCUT2D eigenvalue weighted by atomic mass is 19.3. The van der Waals surface area contributed by atoms with Gasteiger partial charge in [-0.2, -0.15) is 5.10 Å². The van der Waals surface area contributed by atoms with E-state index >= 15 is 0 Å². The summed E-state index contributed by atoms with van der Waals surface area (Å²) in [7, 11) is 0. The number of primary amides is 1. The van der Waals surface area contributed by atoms with Crippen LogP contribution in [-0.4, -0.2) is 45.2 Å². The van der Waals surface area contributed by atoms with Gasteiger partial charge in [0.25, 0.3) is 6.43 Å². The number of nitrogens with zero attached hydrogens (tertiary/aromatic N) is 5. The van der Waals surface area contributed by atoms with Crippen molar-refractivity contribution < 1.29 is 18.7 Å². The molecule has 1 saturated carbocycles. The molecule has 0 unspecified atom stereocenters. The third-order valence-corrected chi connectivity index (χ3v) is 5.54. The van der Waals surface area contributed by atoms with E-state index in [0.29, 0.717) is 5.82 Å². The molecule has 2 aliphatic heterocycles. The molecule has 10 heteroatoms. The molecule has 3 aliphatic rings. The normalized spacial score (nSPS) is 24.4. The average Bonchev–Trinajstić information content (AvgIpc) is 3.30. The molecule has 150 valence electrons. The van der Waals surface area contributed by atoms with Crippen LogP contribution in [0.4, 0.5) is 14.5 Å². The zero-order valence-corrected chi connectivity index (χ0v) is 15.2. The molecule has 0 saturated heterocycles. The molecule has 4 rings (SSSR count). The van der Waals surface area contributed by atoms with Crippen LogP contribution >= 0.6 is 0 Å². The molecular weight excluding hydrogens is 370 g/mol. The maximum atomic E-state index is 13.8. The Morgan fingerprint density at radius 3 is 2.71 bits per heavy atom. The fourth-order valence-corrected chi connectivity index (χ4v) is 3.99. The molecule has 0 bridgehead atoms. The first-order chi connectivity index (χ1) is 13.5. The van der Waals surface area contributed by atoms with Crippen LogP contribution in [0.5, 0.6) is 0 Å². The van der Waals surface area contributed by atoms with Crippen LogP contribution in [0.3, 0.4) is 0 Å². The van der Waals surface area contributed by atoms with Crippen molar-refractivity contribution in [3.05, 3.63) is 35.6 Å². The monoisotopic (exact) mass is 392 g/mol. The Hall–Kier alpha value is -2.75. The number of aliphatic hydroxyl groups is 1. The lowest BCUT2D eigenvalue weighted by Gasteiger charge is -2.30. The predicted octanol–water partition coefficient (Wildman–Crippen LogP) is 1.88. The molecule has 0 aromatic carbocycles. The van der Waals surface area contributed by atoms with Crippen molar-refractivity contribution in [2.24, 2.45) is 16.6 Å². The number of aromatic nitrogens is 2. The summed E-state index contributed by atoms with van der Waals surface area (Å²) < 4.78 is 29.1. The van der Waals surface area contributed by atoms with E-state index < -0.39 is 12.3 Å². The Labute approximate surface area is 160 Å². The van der Waals surface area contributed by atoms with Crippen LogP contribution in [0.2, 0.25) is 0 Å². The molecule has 3 N–H and O–H groups in total. The first kappa shape index (κ1) is 18.6. The summed E-state index contributed by atoms with van der Waals surface area (Å²) in [4.78, 5) is 16.0. The number of hydrazine groups is 1. The summed E-state index contributed by atoms with van der Waals surface area (Å²) in [6, 6.07) is 0.00890. The molecule has 0 spiro atoms. The number of anilines is 1. The number of halogens is 2. The Kier molecular flexibility index (Phi) is 4.88. The fraction of sp³-hybridized carbons (Fsp3) is 0.500. The lowest BCUT2D eigenvalue weighted by molar-refractivity contribution is -0.114. The van der Waals surface area contributed by atoms with E-state index in [1.54, 1.807) is 33.2 Å². The lowest BCUT2D eigenvalue weighted by atomic mass is 9.87. The van der Waals surface area contributed by atoms with Gasteiger partial charge in [0.15, 0.2) is 11.5 Å². The van der Waals surface area contributed by atoms with Gasteiger partial charge in [-0.15, -0.1) is 0 Å². The van der Waals surface area contributed by atoms with Gasteiger partial charge in [-0.1, -0.05) is 0 Å². The van der Waals surface area contributed by atoms with Crippen molar-refractivity contribution in [2.45, 2.75) is 38.2 Å². The molecule has 1 aromatic rings. The van der Waals surface area contributed by atoms with E-state index in [2.05, 4.69) is 10.1 Å². The van der Waals surface area contributed by atoms with Gasteiger partial charge in [0.05, 0.1) is 24.4 Å². The van der Waals surface area contributed by atoms with Crippen molar-refractivity contribution in [3.63, 3.8) is 0 Å². The maximum absolute atomic E-state index is 13.8. The molecular formula is C18H22F2N6O2. The van der Waals surface area contributed by atoms with E-state index in [0.717, 1.165) is 25.7 Å².